The fraction of sp³-hybridized carbons (Fsp3) is 0.292. The van der Waals surface area contributed by atoms with Gasteiger partial charge in [-0.15, -0.1) is 0 Å². The summed E-state index contributed by atoms with van der Waals surface area (Å²) < 4.78 is 3.83. The molecule has 4 nitrogen and oxygen atoms in total. The van der Waals surface area contributed by atoms with E-state index in [9.17, 15) is 4.79 Å². The number of hydrogen-bond acceptors (Lipinski definition) is 2. The molecule has 1 saturated heterocycles. The molecule has 0 saturated carbocycles. The van der Waals surface area contributed by atoms with Crippen LogP contribution in [-0.2, 0) is 6.54 Å². The summed E-state index contributed by atoms with van der Waals surface area (Å²) in [6, 6.07) is 22.6. The second-order valence-electron chi connectivity index (χ2n) is 7.66. The maximum absolute atomic E-state index is 13.5. The summed E-state index contributed by atoms with van der Waals surface area (Å²) in [6.45, 7) is 3.97. The summed E-state index contributed by atoms with van der Waals surface area (Å²) in [6.07, 6.45) is 3.87. The minimum Gasteiger partial charge on any atom is -0.302 e. The number of fused-ring (bicyclic) bond motifs is 2. The topological polar surface area (TPSA) is 30.2 Å². The van der Waals surface area contributed by atoms with Gasteiger partial charge in [0.2, 0.25) is 0 Å². The van der Waals surface area contributed by atoms with Crippen molar-refractivity contribution in [3.8, 4) is 5.69 Å². The molecule has 0 spiro atoms. The Morgan fingerprint density at radius 1 is 0.714 bits per heavy atom. The van der Waals surface area contributed by atoms with Crippen molar-refractivity contribution in [3.05, 3.63) is 77.2 Å². The van der Waals surface area contributed by atoms with Crippen LogP contribution in [0.2, 0.25) is 0 Å². The van der Waals surface area contributed by atoms with Gasteiger partial charge in [0.1, 0.15) is 0 Å². The molecule has 1 aliphatic heterocycles. The van der Waals surface area contributed by atoms with Gasteiger partial charge in [0.05, 0.1) is 16.7 Å². The van der Waals surface area contributed by atoms with Crippen LogP contribution in [-0.4, -0.2) is 33.7 Å². The Balaban J connectivity index is 1.63. The molecule has 5 rings (SSSR count). The monoisotopic (exact) mass is 371 g/mol. The van der Waals surface area contributed by atoms with Crippen molar-refractivity contribution in [3.63, 3.8) is 0 Å². The number of imidazole rings is 1. The average molecular weight is 371 g/mol. The molecule has 0 unspecified atom stereocenters. The minimum atomic E-state index is 0.0505. The summed E-state index contributed by atoms with van der Waals surface area (Å²) in [5, 5.41) is 2.25. The fourth-order valence-electron chi connectivity index (χ4n) is 4.48. The zero-order valence-electron chi connectivity index (χ0n) is 16.1. The minimum absolute atomic E-state index is 0.0505. The quantitative estimate of drug-likeness (QED) is 0.531. The van der Waals surface area contributed by atoms with Gasteiger partial charge in [-0.1, -0.05) is 55.0 Å². The zero-order valence-corrected chi connectivity index (χ0v) is 16.1. The molecule has 142 valence electrons. The Kier molecular flexibility index (Phi) is 4.49. The molecular weight excluding hydrogens is 346 g/mol. The van der Waals surface area contributed by atoms with Crippen LogP contribution in [0, 0.1) is 0 Å². The Morgan fingerprint density at radius 3 is 2.29 bits per heavy atom. The van der Waals surface area contributed by atoms with Crippen LogP contribution in [0.25, 0.3) is 27.5 Å². The lowest BCUT2D eigenvalue weighted by Crippen LogP contribution is -2.34. The summed E-state index contributed by atoms with van der Waals surface area (Å²) in [7, 11) is 0. The number of piperidine rings is 1. The smallest absolute Gasteiger partial charge is 0.302 e. The number of para-hydroxylation sites is 2. The fourth-order valence-corrected chi connectivity index (χ4v) is 4.48. The van der Waals surface area contributed by atoms with Crippen LogP contribution >= 0.6 is 0 Å². The van der Waals surface area contributed by atoms with Gasteiger partial charge in [-0.3, -0.25) is 9.13 Å². The van der Waals surface area contributed by atoms with Crippen molar-refractivity contribution in [1.82, 2.24) is 14.0 Å². The lowest BCUT2D eigenvalue weighted by Gasteiger charge is -2.26. The number of rotatable bonds is 4. The van der Waals surface area contributed by atoms with Gasteiger partial charge < -0.3 is 4.90 Å². The number of benzene rings is 3. The maximum atomic E-state index is 13.5. The first-order chi connectivity index (χ1) is 13.8. The van der Waals surface area contributed by atoms with E-state index in [2.05, 4.69) is 35.2 Å². The molecule has 0 bridgehead atoms. The predicted molar refractivity (Wildman–Crippen MR) is 115 cm³/mol. The molecule has 4 heteroatoms. The van der Waals surface area contributed by atoms with E-state index in [-0.39, 0.29) is 5.69 Å². The zero-order chi connectivity index (χ0) is 18.9. The first-order valence-corrected chi connectivity index (χ1v) is 10.2. The van der Waals surface area contributed by atoms with Crippen LogP contribution in [0.1, 0.15) is 19.3 Å². The van der Waals surface area contributed by atoms with E-state index in [0.29, 0.717) is 0 Å². The van der Waals surface area contributed by atoms with Gasteiger partial charge in [0, 0.05) is 18.5 Å². The van der Waals surface area contributed by atoms with E-state index in [1.54, 1.807) is 0 Å². The Morgan fingerprint density at radius 2 is 1.43 bits per heavy atom. The standard InChI is InChI=1S/C24H25N3O/c28-24-26(18-17-25-15-6-1-7-16-25)22-12-4-5-13-23(22)27(24)21-14-8-10-19-9-2-3-11-20(19)21/h2-5,8-14H,1,6-7,15-18H2. The highest BCUT2D eigenvalue weighted by atomic mass is 16.1. The maximum Gasteiger partial charge on any atom is 0.333 e. The van der Waals surface area contributed by atoms with E-state index in [0.717, 1.165) is 53.7 Å². The molecule has 1 fully saturated rings. The molecule has 4 aromatic rings. The highest BCUT2D eigenvalue weighted by Gasteiger charge is 2.17. The van der Waals surface area contributed by atoms with E-state index in [1.807, 2.05) is 45.5 Å². The third kappa shape index (κ3) is 2.94. The molecule has 28 heavy (non-hydrogen) atoms. The first kappa shape index (κ1) is 17.3. The summed E-state index contributed by atoms with van der Waals surface area (Å²) >= 11 is 0. The Bertz CT molecular complexity index is 1180. The predicted octanol–water partition coefficient (Wildman–Crippen LogP) is 4.43. The molecular formula is C24H25N3O. The van der Waals surface area contributed by atoms with Crippen LogP contribution in [0.5, 0.6) is 0 Å². The van der Waals surface area contributed by atoms with Crippen molar-refractivity contribution >= 4 is 21.8 Å². The lowest BCUT2D eigenvalue weighted by atomic mass is 10.1. The van der Waals surface area contributed by atoms with Crippen LogP contribution in [0.3, 0.4) is 0 Å². The normalized spacial score (nSPS) is 15.4. The van der Waals surface area contributed by atoms with E-state index < -0.39 is 0 Å². The van der Waals surface area contributed by atoms with Crippen LogP contribution in [0.4, 0.5) is 0 Å². The van der Waals surface area contributed by atoms with Gasteiger partial charge in [0.15, 0.2) is 0 Å². The second-order valence-corrected chi connectivity index (χ2v) is 7.66. The van der Waals surface area contributed by atoms with E-state index in [4.69, 9.17) is 0 Å². The molecule has 2 heterocycles. The largest absolute Gasteiger partial charge is 0.333 e. The van der Waals surface area contributed by atoms with Crippen molar-refractivity contribution < 1.29 is 0 Å². The van der Waals surface area contributed by atoms with Gasteiger partial charge in [-0.25, -0.2) is 4.79 Å². The summed E-state index contributed by atoms with van der Waals surface area (Å²) in [5.74, 6) is 0. The van der Waals surface area contributed by atoms with Crippen molar-refractivity contribution in [2.75, 3.05) is 19.6 Å². The summed E-state index contributed by atoms with van der Waals surface area (Å²) in [4.78, 5) is 16.0. The van der Waals surface area contributed by atoms with Crippen molar-refractivity contribution in [2.24, 2.45) is 0 Å². The highest BCUT2D eigenvalue weighted by molar-refractivity contribution is 5.92. The third-order valence-corrected chi connectivity index (χ3v) is 5.93. The Labute approximate surface area is 164 Å². The number of hydrogen-bond donors (Lipinski definition) is 0. The van der Waals surface area contributed by atoms with Gasteiger partial charge >= 0.3 is 5.69 Å². The van der Waals surface area contributed by atoms with Crippen LogP contribution in [0.15, 0.2) is 71.5 Å². The number of nitrogens with zero attached hydrogens (tertiary/aromatic N) is 3. The average Bonchev–Trinajstić information content (AvgIpc) is 3.04. The Hall–Kier alpha value is -2.85. The highest BCUT2D eigenvalue weighted by Crippen LogP contribution is 2.25. The van der Waals surface area contributed by atoms with Gasteiger partial charge in [-0.05, 0) is 49.5 Å². The molecule has 0 radical (unpaired) electrons. The molecule has 1 aromatic heterocycles. The lowest BCUT2D eigenvalue weighted by molar-refractivity contribution is 0.221. The van der Waals surface area contributed by atoms with Crippen LogP contribution < -0.4 is 5.69 Å². The van der Waals surface area contributed by atoms with E-state index >= 15 is 0 Å². The molecule has 3 aromatic carbocycles. The summed E-state index contributed by atoms with van der Waals surface area (Å²) in [5.41, 5.74) is 2.99. The third-order valence-electron chi connectivity index (χ3n) is 5.93. The number of aromatic nitrogens is 2. The SMILES string of the molecule is O=c1n(CCN2CCCCC2)c2ccccc2n1-c1cccc2ccccc12. The van der Waals surface area contributed by atoms with Crippen molar-refractivity contribution in [2.45, 2.75) is 25.8 Å². The molecule has 0 amide bonds. The van der Waals surface area contributed by atoms with Crippen molar-refractivity contribution in [1.29, 1.82) is 0 Å². The second kappa shape index (κ2) is 7.28. The van der Waals surface area contributed by atoms with E-state index in [1.165, 1.54) is 19.3 Å². The molecule has 0 N–H and O–H groups in total. The molecule has 0 atom stereocenters. The molecule has 1 aliphatic rings. The van der Waals surface area contributed by atoms with Gasteiger partial charge in [-0.2, -0.15) is 0 Å². The van der Waals surface area contributed by atoms with Gasteiger partial charge in [0.25, 0.3) is 0 Å². The molecule has 0 aliphatic carbocycles. The first-order valence-electron chi connectivity index (χ1n) is 10.2. The number of likely N-dealkylation sites (tertiary alicyclic amines) is 1.